The van der Waals surface area contributed by atoms with Gasteiger partial charge in [0.15, 0.2) is 0 Å². The lowest BCUT2D eigenvalue weighted by atomic mass is 10.1. The summed E-state index contributed by atoms with van der Waals surface area (Å²) in [7, 11) is 0. The topological polar surface area (TPSA) is 35.8 Å². The number of aliphatic hydroxyl groups is 1. The molecule has 1 atom stereocenters. The summed E-state index contributed by atoms with van der Waals surface area (Å²) in [5, 5.41) is 9.00. The highest BCUT2D eigenvalue weighted by Crippen LogP contribution is 2.13. The highest BCUT2D eigenvalue weighted by atomic mass is 16.3. The molecule has 3 nitrogen and oxygen atoms in total. The molecule has 128 valence electrons. The number of hydrogen-bond acceptors (Lipinski definition) is 3. The van der Waals surface area contributed by atoms with E-state index in [4.69, 9.17) is 5.11 Å². The van der Waals surface area contributed by atoms with Gasteiger partial charge in [-0.1, -0.05) is 70.4 Å². The van der Waals surface area contributed by atoms with Crippen LogP contribution in [-0.2, 0) is 0 Å². The van der Waals surface area contributed by atoms with Crippen LogP contribution in [0.5, 0.6) is 0 Å². The minimum atomic E-state index is 0.224. The molecule has 0 spiro atoms. The third-order valence-electron chi connectivity index (χ3n) is 4.39. The van der Waals surface area contributed by atoms with Gasteiger partial charge in [0.05, 0.1) is 6.61 Å². The van der Waals surface area contributed by atoms with Crippen LogP contribution in [0.4, 0.5) is 0 Å². The van der Waals surface area contributed by atoms with Gasteiger partial charge in [-0.3, -0.25) is 9.89 Å². The Bertz CT molecular complexity index is 302. The average molecular weight is 309 g/mol. The second-order valence-corrected chi connectivity index (χ2v) is 6.36. The number of aliphatic hydroxyl groups excluding tert-OH is 1. The molecular weight excluding hydrogens is 272 g/mol. The van der Waals surface area contributed by atoms with Crippen molar-refractivity contribution in [1.29, 1.82) is 0 Å². The number of β-amino-alcohol motifs (C(OH)–C–C–N with tert-alkyl or cyclic N) is 1. The summed E-state index contributed by atoms with van der Waals surface area (Å²) in [5.74, 6) is 0. The Morgan fingerprint density at radius 3 is 2.41 bits per heavy atom. The van der Waals surface area contributed by atoms with Crippen LogP contribution in [-0.4, -0.2) is 42.1 Å². The van der Waals surface area contributed by atoms with Gasteiger partial charge in [-0.15, -0.1) is 0 Å². The van der Waals surface area contributed by atoms with Crippen molar-refractivity contribution in [2.24, 2.45) is 4.99 Å². The van der Waals surface area contributed by atoms with E-state index in [1.165, 1.54) is 64.2 Å². The minimum absolute atomic E-state index is 0.224. The molecule has 0 radical (unpaired) electrons. The van der Waals surface area contributed by atoms with Gasteiger partial charge < -0.3 is 5.11 Å². The molecule has 0 bridgehead atoms. The van der Waals surface area contributed by atoms with Crippen molar-refractivity contribution in [3.63, 3.8) is 0 Å². The summed E-state index contributed by atoms with van der Waals surface area (Å²) >= 11 is 0. The normalized spacial score (nSPS) is 18.7. The molecule has 0 aromatic rings. The van der Waals surface area contributed by atoms with E-state index in [-0.39, 0.29) is 12.8 Å². The zero-order valence-corrected chi connectivity index (χ0v) is 14.6. The number of unbranched alkanes of at least 4 members (excludes halogenated alkanes) is 9. The van der Waals surface area contributed by atoms with Crippen LogP contribution in [0, 0.1) is 0 Å². The number of allylic oxidation sites excluding steroid dienone is 1. The first-order valence-corrected chi connectivity index (χ1v) is 9.40. The lowest BCUT2D eigenvalue weighted by Crippen LogP contribution is -2.32. The number of nitrogens with zero attached hydrogens (tertiary/aromatic N) is 2. The van der Waals surface area contributed by atoms with Crippen LogP contribution in [0.1, 0.15) is 77.6 Å². The SMILES string of the molecule is CCCCCCCCCCC/C=C/CC1N=CCN1CCO. The standard InChI is InChI=1S/C19H36N2O/c1-2-3-4-5-6-7-8-9-10-11-12-13-14-19-20-15-16-21(19)17-18-22/h12-13,15,19,22H,2-11,14,16-18H2,1H3/b13-12+. The summed E-state index contributed by atoms with van der Waals surface area (Å²) in [6.45, 7) is 4.12. The Balaban J connectivity index is 1.89. The molecule has 0 aliphatic carbocycles. The van der Waals surface area contributed by atoms with E-state index in [1.807, 2.05) is 6.21 Å². The van der Waals surface area contributed by atoms with Crippen molar-refractivity contribution < 1.29 is 5.11 Å². The third kappa shape index (κ3) is 9.37. The second kappa shape index (κ2) is 14.0. The van der Waals surface area contributed by atoms with Crippen LogP contribution in [0.3, 0.4) is 0 Å². The third-order valence-corrected chi connectivity index (χ3v) is 4.39. The van der Waals surface area contributed by atoms with E-state index >= 15 is 0 Å². The summed E-state index contributed by atoms with van der Waals surface area (Å²) in [4.78, 5) is 6.69. The van der Waals surface area contributed by atoms with Gasteiger partial charge in [0.2, 0.25) is 0 Å². The Morgan fingerprint density at radius 1 is 1.05 bits per heavy atom. The van der Waals surface area contributed by atoms with Crippen molar-refractivity contribution in [2.45, 2.75) is 83.7 Å². The summed E-state index contributed by atoms with van der Waals surface area (Å²) in [5.41, 5.74) is 0. The Morgan fingerprint density at radius 2 is 1.73 bits per heavy atom. The van der Waals surface area contributed by atoms with Crippen LogP contribution in [0.15, 0.2) is 17.1 Å². The number of hydrogen-bond donors (Lipinski definition) is 1. The number of rotatable bonds is 14. The first-order valence-electron chi connectivity index (χ1n) is 9.40. The molecule has 22 heavy (non-hydrogen) atoms. The van der Waals surface area contributed by atoms with Crippen LogP contribution < -0.4 is 0 Å². The zero-order valence-electron chi connectivity index (χ0n) is 14.6. The fourth-order valence-electron chi connectivity index (χ4n) is 2.98. The summed E-state index contributed by atoms with van der Waals surface area (Å²) in [6.07, 6.45) is 21.5. The molecule has 1 unspecified atom stereocenters. The molecule has 3 heteroatoms. The van der Waals surface area contributed by atoms with Gasteiger partial charge in [0.25, 0.3) is 0 Å². The van der Waals surface area contributed by atoms with Crippen molar-refractivity contribution in [1.82, 2.24) is 4.90 Å². The molecule has 0 amide bonds. The first-order chi connectivity index (χ1) is 10.9. The maximum Gasteiger partial charge on any atom is 0.105 e. The van der Waals surface area contributed by atoms with Gasteiger partial charge >= 0.3 is 0 Å². The molecular formula is C19H36N2O. The maximum atomic E-state index is 9.00. The van der Waals surface area contributed by atoms with Gasteiger partial charge in [-0.25, -0.2) is 0 Å². The van der Waals surface area contributed by atoms with E-state index in [1.54, 1.807) is 0 Å². The first kappa shape index (κ1) is 19.4. The van der Waals surface area contributed by atoms with Crippen LogP contribution >= 0.6 is 0 Å². The predicted molar refractivity (Wildman–Crippen MR) is 96.5 cm³/mol. The monoisotopic (exact) mass is 308 g/mol. The lowest BCUT2D eigenvalue weighted by Gasteiger charge is -2.20. The molecule has 1 rings (SSSR count). The van der Waals surface area contributed by atoms with Gasteiger partial charge in [0, 0.05) is 25.7 Å². The van der Waals surface area contributed by atoms with E-state index in [2.05, 4.69) is 29.0 Å². The number of aliphatic imine (C=N–C) groups is 1. The van der Waals surface area contributed by atoms with Crippen molar-refractivity contribution in [3.05, 3.63) is 12.2 Å². The molecule has 0 aromatic heterocycles. The molecule has 1 aliphatic heterocycles. The summed E-state index contributed by atoms with van der Waals surface area (Å²) < 4.78 is 0. The van der Waals surface area contributed by atoms with Crippen LogP contribution in [0.25, 0.3) is 0 Å². The highest BCUT2D eigenvalue weighted by molar-refractivity contribution is 5.62. The Labute approximate surface area is 137 Å². The van der Waals surface area contributed by atoms with E-state index in [9.17, 15) is 0 Å². The molecule has 1 heterocycles. The molecule has 1 aliphatic rings. The smallest absolute Gasteiger partial charge is 0.105 e. The molecule has 0 saturated heterocycles. The molecule has 0 fully saturated rings. The van der Waals surface area contributed by atoms with E-state index in [0.717, 1.165) is 19.5 Å². The van der Waals surface area contributed by atoms with Gasteiger partial charge in [-0.2, -0.15) is 0 Å². The Kier molecular flexibility index (Phi) is 12.3. The highest BCUT2D eigenvalue weighted by Gasteiger charge is 2.18. The largest absolute Gasteiger partial charge is 0.395 e. The second-order valence-electron chi connectivity index (χ2n) is 6.36. The molecule has 1 N–H and O–H groups in total. The fourth-order valence-corrected chi connectivity index (χ4v) is 2.98. The van der Waals surface area contributed by atoms with E-state index in [0.29, 0.717) is 0 Å². The van der Waals surface area contributed by atoms with Crippen molar-refractivity contribution in [2.75, 3.05) is 19.7 Å². The minimum Gasteiger partial charge on any atom is -0.395 e. The quantitative estimate of drug-likeness (QED) is 0.377. The summed E-state index contributed by atoms with van der Waals surface area (Å²) in [6, 6.07) is 0. The average Bonchev–Trinajstić information content (AvgIpc) is 2.96. The lowest BCUT2D eigenvalue weighted by molar-refractivity contribution is 0.184. The van der Waals surface area contributed by atoms with Crippen molar-refractivity contribution in [3.8, 4) is 0 Å². The zero-order chi connectivity index (χ0) is 15.9. The maximum absolute atomic E-state index is 9.00. The van der Waals surface area contributed by atoms with Crippen LogP contribution in [0.2, 0.25) is 0 Å². The molecule has 0 aromatic carbocycles. The fraction of sp³-hybridized carbons (Fsp3) is 0.842. The Hall–Kier alpha value is -0.670. The van der Waals surface area contributed by atoms with Crippen molar-refractivity contribution >= 4 is 6.21 Å². The molecule has 0 saturated carbocycles. The van der Waals surface area contributed by atoms with E-state index < -0.39 is 0 Å². The predicted octanol–water partition coefficient (Wildman–Crippen LogP) is 4.56. The van der Waals surface area contributed by atoms with Gasteiger partial charge in [0.1, 0.15) is 6.17 Å². The van der Waals surface area contributed by atoms with Gasteiger partial charge in [-0.05, 0) is 12.8 Å².